The van der Waals surface area contributed by atoms with Crippen LogP contribution in [0.15, 0.2) is 103 Å². The molecule has 4 aromatic rings. The van der Waals surface area contributed by atoms with Gasteiger partial charge in [0.2, 0.25) is 5.91 Å². The highest BCUT2D eigenvalue weighted by molar-refractivity contribution is 7.99. The second-order valence-electron chi connectivity index (χ2n) is 12.4. The Balaban J connectivity index is 1.49. The third-order valence-corrected chi connectivity index (χ3v) is 8.94. The van der Waals surface area contributed by atoms with E-state index in [4.69, 9.17) is 18.9 Å². The van der Waals surface area contributed by atoms with Crippen LogP contribution in [-0.2, 0) is 24.8 Å². The Labute approximate surface area is 289 Å². The number of esters is 1. The Hall–Kier alpha value is -5.03. The van der Waals surface area contributed by atoms with E-state index in [9.17, 15) is 18.8 Å². The summed E-state index contributed by atoms with van der Waals surface area (Å²) >= 11 is 1.36. The number of anilines is 1. The van der Waals surface area contributed by atoms with E-state index in [2.05, 4.69) is 5.32 Å². The number of ether oxygens (including phenoxy) is 4. The number of nitrogens with zero attached hydrogens (tertiary/aromatic N) is 1. The van der Waals surface area contributed by atoms with Gasteiger partial charge in [-0.05, 0) is 86.0 Å². The molecular formula is C38H39FN2O7S. The second-order valence-corrected chi connectivity index (χ2v) is 13.5. The van der Waals surface area contributed by atoms with E-state index in [-0.39, 0.29) is 13.2 Å². The number of carbonyl (C=O) groups excluding carboxylic acids is 3. The normalized spacial score (nSPS) is 15.6. The molecule has 1 unspecified atom stereocenters. The molecule has 3 atom stereocenters. The van der Waals surface area contributed by atoms with Crippen molar-refractivity contribution >= 4 is 35.4 Å². The topological polar surface area (TPSA) is 103 Å². The average Bonchev–Trinajstić information content (AvgIpc) is 3.49. The molecule has 5 rings (SSSR count). The second kappa shape index (κ2) is 15.9. The van der Waals surface area contributed by atoms with Crippen LogP contribution in [0, 0.1) is 5.82 Å². The molecule has 1 aliphatic rings. The molecule has 4 aromatic carbocycles. The third-order valence-electron chi connectivity index (χ3n) is 7.61. The molecular weight excluding hydrogens is 647 g/mol. The summed E-state index contributed by atoms with van der Waals surface area (Å²) in [5.41, 5.74) is 2.34. The first-order valence-electron chi connectivity index (χ1n) is 15.8. The van der Waals surface area contributed by atoms with Gasteiger partial charge in [0.05, 0.1) is 13.2 Å². The van der Waals surface area contributed by atoms with E-state index < -0.39 is 46.7 Å². The molecule has 49 heavy (non-hydrogen) atoms. The Morgan fingerprint density at radius 2 is 1.59 bits per heavy atom. The van der Waals surface area contributed by atoms with Gasteiger partial charge >= 0.3 is 12.1 Å². The van der Waals surface area contributed by atoms with Gasteiger partial charge < -0.3 is 24.3 Å². The molecule has 0 radical (unpaired) electrons. The van der Waals surface area contributed by atoms with Crippen LogP contribution in [0.5, 0.6) is 11.5 Å². The number of halogens is 1. The first-order chi connectivity index (χ1) is 23.5. The predicted octanol–water partition coefficient (Wildman–Crippen LogP) is 7.73. The lowest BCUT2D eigenvalue weighted by atomic mass is 10.00. The molecule has 1 saturated heterocycles. The van der Waals surface area contributed by atoms with Gasteiger partial charge in [0.25, 0.3) is 0 Å². The largest absolute Gasteiger partial charge is 0.497 e. The Bertz CT molecular complexity index is 1710. The lowest BCUT2D eigenvalue weighted by Gasteiger charge is -2.32. The molecule has 0 saturated carbocycles. The third kappa shape index (κ3) is 9.54. The number of cyclic esters (lactones) is 1. The molecule has 1 aliphatic heterocycles. The molecule has 2 amide bonds. The Morgan fingerprint density at radius 3 is 2.22 bits per heavy atom. The highest BCUT2D eigenvalue weighted by Crippen LogP contribution is 2.38. The number of hydrogen-bond acceptors (Lipinski definition) is 9. The van der Waals surface area contributed by atoms with Gasteiger partial charge in [0.1, 0.15) is 40.8 Å². The van der Waals surface area contributed by atoms with Gasteiger partial charge in [-0.25, -0.2) is 18.9 Å². The van der Waals surface area contributed by atoms with E-state index >= 15 is 0 Å². The molecule has 1 N–H and O–H groups in total. The molecule has 1 heterocycles. The summed E-state index contributed by atoms with van der Waals surface area (Å²) in [6.45, 7) is 5.10. The zero-order chi connectivity index (χ0) is 35.0. The van der Waals surface area contributed by atoms with Crippen LogP contribution in [0.3, 0.4) is 0 Å². The van der Waals surface area contributed by atoms with Crippen molar-refractivity contribution in [2.24, 2.45) is 0 Å². The van der Waals surface area contributed by atoms with Crippen molar-refractivity contribution < 1.29 is 37.7 Å². The zero-order valence-electron chi connectivity index (χ0n) is 27.8. The summed E-state index contributed by atoms with van der Waals surface area (Å²) in [5.74, 6) is 0.213. The van der Waals surface area contributed by atoms with Gasteiger partial charge in [-0.2, -0.15) is 0 Å². The highest BCUT2D eigenvalue weighted by Gasteiger charge is 2.44. The summed E-state index contributed by atoms with van der Waals surface area (Å²) < 4.78 is 35.7. The van der Waals surface area contributed by atoms with Crippen LogP contribution in [0.4, 0.5) is 14.9 Å². The summed E-state index contributed by atoms with van der Waals surface area (Å²) in [7, 11) is 1.59. The fourth-order valence-corrected chi connectivity index (χ4v) is 6.52. The summed E-state index contributed by atoms with van der Waals surface area (Å²) in [6.07, 6.45) is -0.722. The molecule has 0 aliphatic carbocycles. The first kappa shape index (κ1) is 35.3. The van der Waals surface area contributed by atoms with Crippen LogP contribution in [-0.4, -0.2) is 54.0 Å². The minimum atomic E-state index is -0.863. The van der Waals surface area contributed by atoms with E-state index in [1.807, 2.05) is 54.6 Å². The maximum absolute atomic E-state index is 14.7. The number of rotatable bonds is 13. The maximum Gasteiger partial charge on any atom is 0.417 e. The number of benzene rings is 4. The zero-order valence-corrected chi connectivity index (χ0v) is 28.6. The molecule has 0 spiro atoms. The van der Waals surface area contributed by atoms with Crippen molar-refractivity contribution in [1.82, 2.24) is 4.90 Å². The summed E-state index contributed by atoms with van der Waals surface area (Å²) in [4.78, 5) is 41.3. The van der Waals surface area contributed by atoms with E-state index in [0.29, 0.717) is 28.5 Å². The first-order valence-corrected chi connectivity index (χ1v) is 16.8. The number of thioether (sulfide) groups is 1. The van der Waals surface area contributed by atoms with Gasteiger partial charge in [0, 0.05) is 11.4 Å². The molecule has 9 nitrogen and oxygen atoms in total. The molecule has 11 heteroatoms. The number of carbonyl (C=O) groups is 3. The van der Waals surface area contributed by atoms with Crippen molar-refractivity contribution in [3.63, 3.8) is 0 Å². The molecule has 0 bridgehead atoms. The molecule has 0 aromatic heterocycles. The van der Waals surface area contributed by atoms with Crippen LogP contribution in [0.1, 0.15) is 49.5 Å². The fourth-order valence-electron chi connectivity index (χ4n) is 5.28. The van der Waals surface area contributed by atoms with Crippen molar-refractivity contribution in [2.45, 2.75) is 49.5 Å². The van der Waals surface area contributed by atoms with Gasteiger partial charge in [-0.15, -0.1) is 11.8 Å². The minimum absolute atomic E-state index is 0.0319. The van der Waals surface area contributed by atoms with Crippen LogP contribution in [0.2, 0.25) is 0 Å². The van der Waals surface area contributed by atoms with E-state index in [0.717, 1.165) is 11.1 Å². The fraction of sp³-hybridized carbons (Fsp3) is 0.289. The van der Waals surface area contributed by atoms with Crippen LogP contribution >= 0.6 is 11.8 Å². The number of hydrogen-bond donors (Lipinski definition) is 1. The van der Waals surface area contributed by atoms with E-state index in [1.165, 1.54) is 28.8 Å². The summed E-state index contributed by atoms with van der Waals surface area (Å²) in [5, 5.41) is 2.56. The van der Waals surface area contributed by atoms with Crippen molar-refractivity contribution in [2.75, 3.05) is 25.6 Å². The SMILES string of the molecule is COc1ccc(CSC(C(=O)N2C(=O)OC[C@@H]2c2ccccc2)[C@H](Nc2ccc(F)cc2)c2ccc(OCC(=O)OC(C)(C)C)cc2)cc1. The maximum atomic E-state index is 14.7. The van der Waals surface area contributed by atoms with Crippen LogP contribution in [0.25, 0.3) is 0 Å². The highest BCUT2D eigenvalue weighted by atomic mass is 32.2. The number of methoxy groups -OCH3 is 1. The Kier molecular flexibility index (Phi) is 11.5. The number of amides is 2. The quantitative estimate of drug-likeness (QED) is 0.142. The number of nitrogens with one attached hydrogen (secondary N) is 1. The average molecular weight is 687 g/mol. The van der Waals surface area contributed by atoms with Crippen molar-refractivity contribution in [1.29, 1.82) is 0 Å². The summed E-state index contributed by atoms with van der Waals surface area (Å²) in [6, 6.07) is 28.3. The number of imide groups is 1. The molecule has 256 valence electrons. The lowest BCUT2D eigenvalue weighted by molar-refractivity contribution is -0.157. The van der Waals surface area contributed by atoms with Gasteiger partial charge in [-0.3, -0.25) is 4.79 Å². The standard InChI is InChI=1S/C38H39FN2O7S/c1-38(2,3)48-33(42)23-46-31-20-12-27(13-21-31)34(40-29-16-14-28(39)15-17-29)35(49-24-25-10-18-30(45-4)19-11-25)36(43)41-32(22-47-37(41)44)26-8-6-5-7-9-26/h5-21,32,34-35,40H,22-24H2,1-4H3/t32-,34-,35?/m1/s1. The van der Waals surface area contributed by atoms with Gasteiger partial charge in [-0.1, -0.05) is 54.6 Å². The smallest absolute Gasteiger partial charge is 0.417 e. The Morgan fingerprint density at radius 1 is 0.939 bits per heavy atom. The minimum Gasteiger partial charge on any atom is -0.497 e. The monoisotopic (exact) mass is 686 g/mol. The lowest BCUT2D eigenvalue weighted by Crippen LogP contribution is -2.44. The molecule has 1 fully saturated rings. The van der Waals surface area contributed by atoms with E-state index in [1.54, 1.807) is 64.3 Å². The van der Waals surface area contributed by atoms with Crippen molar-refractivity contribution in [3.05, 3.63) is 126 Å². The van der Waals surface area contributed by atoms with Gasteiger partial charge in [0.15, 0.2) is 6.61 Å². The van der Waals surface area contributed by atoms with Crippen molar-refractivity contribution in [3.8, 4) is 11.5 Å². The predicted molar refractivity (Wildman–Crippen MR) is 186 cm³/mol. The van der Waals surface area contributed by atoms with Crippen LogP contribution < -0.4 is 14.8 Å².